The third-order valence-corrected chi connectivity index (χ3v) is 3.61. The van der Waals surface area contributed by atoms with Gasteiger partial charge in [0.25, 0.3) is 0 Å². The first-order valence-electron chi connectivity index (χ1n) is 8.42. The number of hydrogen-bond donors (Lipinski definition) is 0. The lowest BCUT2D eigenvalue weighted by Gasteiger charge is -2.12. The second-order valence-electron chi connectivity index (χ2n) is 5.65. The Kier molecular flexibility index (Phi) is 15.0. The first kappa shape index (κ1) is 18.0. The Morgan fingerprint density at radius 3 is 1.78 bits per heavy atom. The van der Waals surface area contributed by atoms with Crippen molar-refractivity contribution in [3.63, 3.8) is 0 Å². The minimum absolute atomic E-state index is 0.474. The maximum absolute atomic E-state index is 5.86. The summed E-state index contributed by atoms with van der Waals surface area (Å²) in [5.41, 5.74) is 0. The molecular formula is C17H36O. The van der Waals surface area contributed by atoms with E-state index in [0.717, 1.165) is 6.61 Å². The van der Waals surface area contributed by atoms with Gasteiger partial charge in [-0.1, -0.05) is 78.1 Å². The standard InChI is InChI=1S/C17H36O/c1-4-6-8-10-12-14-16-18-17(3)15-13-11-9-7-5-2/h17H,4-16H2,1-3H3. The number of ether oxygens (including phenoxy) is 1. The summed E-state index contributed by atoms with van der Waals surface area (Å²) < 4.78 is 5.86. The second kappa shape index (κ2) is 15.0. The normalized spacial score (nSPS) is 12.8. The molecule has 0 saturated heterocycles. The summed E-state index contributed by atoms with van der Waals surface area (Å²) >= 11 is 0. The van der Waals surface area contributed by atoms with E-state index in [-0.39, 0.29) is 0 Å². The second-order valence-corrected chi connectivity index (χ2v) is 5.65. The molecule has 0 bridgehead atoms. The van der Waals surface area contributed by atoms with Gasteiger partial charge < -0.3 is 4.74 Å². The van der Waals surface area contributed by atoms with Gasteiger partial charge in [0, 0.05) is 6.61 Å². The lowest BCUT2D eigenvalue weighted by molar-refractivity contribution is 0.0557. The van der Waals surface area contributed by atoms with Crippen LogP contribution in [-0.2, 0) is 4.74 Å². The van der Waals surface area contributed by atoms with Crippen molar-refractivity contribution in [2.75, 3.05) is 6.61 Å². The Labute approximate surface area is 116 Å². The summed E-state index contributed by atoms with van der Waals surface area (Å²) in [4.78, 5) is 0. The Morgan fingerprint density at radius 1 is 0.667 bits per heavy atom. The van der Waals surface area contributed by atoms with Crippen molar-refractivity contribution in [3.8, 4) is 0 Å². The van der Waals surface area contributed by atoms with Crippen LogP contribution in [0.3, 0.4) is 0 Å². The molecule has 0 spiro atoms. The van der Waals surface area contributed by atoms with Gasteiger partial charge in [0.1, 0.15) is 0 Å². The topological polar surface area (TPSA) is 9.23 Å². The van der Waals surface area contributed by atoms with Gasteiger partial charge in [-0.25, -0.2) is 0 Å². The predicted molar refractivity (Wildman–Crippen MR) is 82.2 cm³/mol. The highest BCUT2D eigenvalue weighted by Crippen LogP contribution is 2.10. The number of hydrogen-bond acceptors (Lipinski definition) is 1. The monoisotopic (exact) mass is 256 g/mol. The summed E-state index contributed by atoms with van der Waals surface area (Å²) in [6, 6.07) is 0. The van der Waals surface area contributed by atoms with Gasteiger partial charge in [-0.15, -0.1) is 0 Å². The average molecular weight is 256 g/mol. The van der Waals surface area contributed by atoms with E-state index in [2.05, 4.69) is 20.8 Å². The van der Waals surface area contributed by atoms with Crippen LogP contribution < -0.4 is 0 Å². The highest BCUT2D eigenvalue weighted by Gasteiger charge is 2.01. The number of unbranched alkanes of at least 4 members (excludes halogenated alkanes) is 9. The van der Waals surface area contributed by atoms with Crippen molar-refractivity contribution in [3.05, 3.63) is 0 Å². The van der Waals surface area contributed by atoms with Crippen molar-refractivity contribution in [1.82, 2.24) is 0 Å². The quantitative estimate of drug-likeness (QED) is 0.341. The van der Waals surface area contributed by atoms with E-state index in [4.69, 9.17) is 4.74 Å². The van der Waals surface area contributed by atoms with Crippen molar-refractivity contribution in [1.29, 1.82) is 0 Å². The Balaban J connectivity index is 3.09. The zero-order chi connectivity index (χ0) is 13.5. The molecular weight excluding hydrogens is 220 g/mol. The summed E-state index contributed by atoms with van der Waals surface area (Å²) in [5.74, 6) is 0. The largest absolute Gasteiger partial charge is 0.379 e. The van der Waals surface area contributed by atoms with Crippen LogP contribution >= 0.6 is 0 Å². The van der Waals surface area contributed by atoms with Gasteiger partial charge in [0.2, 0.25) is 0 Å². The fraction of sp³-hybridized carbons (Fsp3) is 1.00. The van der Waals surface area contributed by atoms with E-state index in [1.165, 1.54) is 77.0 Å². The molecule has 18 heavy (non-hydrogen) atoms. The van der Waals surface area contributed by atoms with Crippen LogP contribution in [0.5, 0.6) is 0 Å². The molecule has 1 atom stereocenters. The molecule has 0 saturated carbocycles. The van der Waals surface area contributed by atoms with Gasteiger partial charge in [-0.3, -0.25) is 0 Å². The van der Waals surface area contributed by atoms with Gasteiger partial charge in [-0.2, -0.15) is 0 Å². The van der Waals surface area contributed by atoms with Crippen LogP contribution in [0, 0.1) is 0 Å². The van der Waals surface area contributed by atoms with Gasteiger partial charge in [0.15, 0.2) is 0 Å². The Morgan fingerprint density at radius 2 is 1.17 bits per heavy atom. The third kappa shape index (κ3) is 14.0. The highest BCUT2D eigenvalue weighted by molar-refractivity contribution is 4.52. The van der Waals surface area contributed by atoms with Gasteiger partial charge in [0.05, 0.1) is 6.10 Å². The summed E-state index contributed by atoms with van der Waals surface area (Å²) in [6.07, 6.45) is 16.7. The lowest BCUT2D eigenvalue weighted by atomic mass is 10.1. The lowest BCUT2D eigenvalue weighted by Crippen LogP contribution is -2.09. The maximum Gasteiger partial charge on any atom is 0.0547 e. The van der Waals surface area contributed by atoms with Gasteiger partial charge >= 0.3 is 0 Å². The molecule has 1 heteroatoms. The van der Waals surface area contributed by atoms with Crippen LogP contribution in [-0.4, -0.2) is 12.7 Å². The number of rotatable bonds is 14. The third-order valence-electron chi connectivity index (χ3n) is 3.61. The Hall–Kier alpha value is -0.0400. The van der Waals surface area contributed by atoms with Crippen LogP contribution in [0.15, 0.2) is 0 Å². The first-order chi connectivity index (χ1) is 8.81. The Bertz CT molecular complexity index is 145. The van der Waals surface area contributed by atoms with Crippen molar-refractivity contribution >= 4 is 0 Å². The van der Waals surface area contributed by atoms with Crippen molar-refractivity contribution in [2.45, 2.75) is 104 Å². The van der Waals surface area contributed by atoms with E-state index >= 15 is 0 Å². The molecule has 1 nitrogen and oxygen atoms in total. The fourth-order valence-electron chi connectivity index (χ4n) is 2.29. The first-order valence-corrected chi connectivity index (χ1v) is 8.42. The smallest absolute Gasteiger partial charge is 0.0547 e. The van der Waals surface area contributed by atoms with E-state index in [1.807, 2.05) is 0 Å². The average Bonchev–Trinajstić information content (AvgIpc) is 2.37. The van der Waals surface area contributed by atoms with E-state index < -0.39 is 0 Å². The molecule has 0 N–H and O–H groups in total. The summed E-state index contributed by atoms with van der Waals surface area (Å²) in [6.45, 7) is 7.75. The molecule has 0 aliphatic rings. The molecule has 0 aliphatic heterocycles. The fourth-order valence-corrected chi connectivity index (χ4v) is 2.29. The maximum atomic E-state index is 5.86. The van der Waals surface area contributed by atoms with E-state index in [1.54, 1.807) is 0 Å². The van der Waals surface area contributed by atoms with Crippen LogP contribution in [0.2, 0.25) is 0 Å². The molecule has 1 unspecified atom stereocenters. The van der Waals surface area contributed by atoms with E-state index in [0.29, 0.717) is 6.10 Å². The summed E-state index contributed by atoms with van der Waals surface area (Å²) in [5, 5.41) is 0. The van der Waals surface area contributed by atoms with Crippen molar-refractivity contribution in [2.24, 2.45) is 0 Å². The highest BCUT2D eigenvalue weighted by atomic mass is 16.5. The SMILES string of the molecule is CCCCCCCCOC(C)CCCCCCC. The van der Waals surface area contributed by atoms with Crippen LogP contribution in [0.25, 0.3) is 0 Å². The molecule has 0 rings (SSSR count). The van der Waals surface area contributed by atoms with E-state index in [9.17, 15) is 0 Å². The molecule has 0 aromatic heterocycles. The molecule has 0 aliphatic carbocycles. The van der Waals surface area contributed by atoms with Crippen LogP contribution in [0.1, 0.15) is 97.8 Å². The predicted octanol–water partition coefficient (Wildman–Crippen LogP) is 6.11. The molecule has 110 valence electrons. The molecule has 0 aromatic carbocycles. The minimum atomic E-state index is 0.474. The molecule has 0 fully saturated rings. The molecule has 0 aromatic rings. The minimum Gasteiger partial charge on any atom is -0.379 e. The van der Waals surface area contributed by atoms with Crippen LogP contribution in [0.4, 0.5) is 0 Å². The van der Waals surface area contributed by atoms with Gasteiger partial charge in [-0.05, 0) is 19.8 Å². The molecule has 0 radical (unpaired) electrons. The summed E-state index contributed by atoms with van der Waals surface area (Å²) in [7, 11) is 0. The van der Waals surface area contributed by atoms with Crippen molar-refractivity contribution < 1.29 is 4.74 Å². The zero-order valence-electron chi connectivity index (χ0n) is 13.2. The zero-order valence-corrected chi connectivity index (χ0v) is 13.2. The molecule has 0 amide bonds. The molecule has 0 heterocycles.